The fraction of sp³-hybridized carbons (Fsp3) is 0.310. The van der Waals surface area contributed by atoms with Crippen LogP contribution in [0.5, 0.6) is 5.75 Å². The standard InChI is InChI=1S/C29H33N5O3/c1-20(2)17-18-30-29(36)28(22-13-15-23(37-4)16-14-22)34(25-11-7-5-9-21(25)3)27(35)19-33-26-12-8-6-10-24(26)31-32-33/h5-16,20,28H,17-19H2,1-4H3,(H,30,36)/t28-/m0/s1. The fourth-order valence-electron chi connectivity index (χ4n) is 4.27. The lowest BCUT2D eigenvalue weighted by atomic mass is 10.0. The Morgan fingerprint density at radius 2 is 1.70 bits per heavy atom. The van der Waals surface area contributed by atoms with E-state index in [0.29, 0.717) is 35.0 Å². The number of benzene rings is 3. The van der Waals surface area contributed by atoms with E-state index in [2.05, 4.69) is 29.5 Å². The number of nitrogens with one attached hydrogen (secondary N) is 1. The number of hydrogen-bond acceptors (Lipinski definition) is 5. The monoisotopic (exact) mass is 499 g/mol. The highest BCUT2D eigenvalue weighted by atomic mass is 16.5. The number of methoxy groups -OCH3 is 1. The number of carbonyl (C=O) groups excluding carboxylic acids is 2. The minimum absolute atomic E-state index is 0.0687. The van der Waals surface area contributed by atoms with Gasteiger partial charge in [-0.2, -0.15) is 0 Å². The maximum Gasteiger partial charge on any atom is 0.249 e. The average Bonchev–Trinajstić information content (AvgIpc) is 3.30. The third-order valence-corrected chi connectivity index (χ3v) is 6.31. The number of aryl methyl sites for hydroxylation is 1. The Balaban J connectivity index is 1.77. The van der Waals surface area contributed by atoms with Gasteiger partial charge in [-0.05, 0) is 60.7 Å². The number of aromatic nitrogens is 3. The van der Waals surface area contributed by atoms with Gasteiger partial charge in [-0.3, -0.25) is 14.5 Å². The van der Waals surface area contributed by atoms with E-state index in [0.717, 1.165) is 17.5 Å². The summed E-state index contributed by atoms with van der Waals surface area (Å²) in [6.45, 7) is 6.60. The molecule has 1 N–H and O–H groups in total. The highest BCUT2D eigenvalue weighted by Gasteiger charge is 2.34. The van der Waals surface area contributed by atoms with Crippen LogP contribution in [-0.2, 0) is 16.1 Å². The van der Waals surface area contributed by atoms with E-state index < -0.39 is 6.04 Å². The molecule has 0 spiro atoms. The number of hydrogen-bond donors (Lipinski definition) is 1. The second kappa shape index (κ2) is 11.7. The largest absolute Gasteiger partial charge is 0.497 e. The predicted molar refractivity (Wildman–Crippen MR) is 144 cm³/mol. The van der Waals surface area contributed by atoms with Gasteiger partial charge >= 0.3 is 0 Å². The zero-order chi connectivity index (χ0) is 26.4. The van der Waals surface area contributed by atoms with Crippen molar-refractivity contribution in [2.75, 3.05) is 18.6 Å². The molecule has 1 atom stereocenters. The molecule has 8 heteroatoms. The summed E-state index contributed by atoms with van der Waals surface area (Å²) in [5, 5.41) is 11.4. The molecule has 0 aliphatic rings. The molecule has 1 aromatic heterocycles. The number of anilines is 1. The predicted octanol–water partition coefficient (Wildman–Crippen LogP) is 4.69. The summed E-state index contributed by atoms with van der Waals surface area (Å²) in [4.78, 5) is 29.4. The lowest BCUT2D eigenvalue weighted by molar-refractivity contribution is -0.127. The SMILES string of the molecule is COc1ccc([C@@H](C(=O)NCCC(C)C)N(C(=O)Cn2nnc3ccccc32)c2ccccc2C)cc1. The topological polar surface area (TPSA) is 89.4 Å². The van der Waals surface area contributed by atoms with Gasteiger partial charge in [0.1, 0.15) is 23.9 Å². The van der Waals surface area contributed by atoms with Gasteiger partial charge in [-0.15, -0.1) is 5.10 Å². The molecular weight excluding hydrogens is 466 g/mol. The summed E-state index contributed by atoms with van der Waals surface area (Å²) in [6, 6.07) is 21.4. The number of rotatable bonds is 10. The minimum Gasteiger partial charge on any atom is -0.497 e. The molecule has 0 unspecified atom stereocenters. The Bertz CT molecular complexity index is 1360. The van der Waals surface area contributed by atoms with Gasteiger partial charge in [-0.25, -0.2) is 4.68 Å². The summed E-state index contributed by atoms with van der Waals surface area (Å²) in [7, 11) is 1.59. The Morgan fingerprint density at radius 3 is 2.41 bits per heavy atom. The molecule has 2 amide bonds. The molecule has 37 heavy (non-hydrogen) atoms. The molecule has 192 valence electrons. The second-order valence-electron chi connectivity index (χ2n) is 9.44. The van der Waals surface area contributed by atoms with Crippen LogP contribution in [0.25, 0.3) is 11.0 Å². The molecule has 4 rings (SSSR count). The van der Waals surface area contributed by atoms with Gasteiger partial charge in [0.2, 0.25) is 11.8 Å². The normalized spacial score (nSPS) is 11.9. The first-order valence-corrected chi connectivity index (χ1v) is 12.5. The number of para-hydroxylation sites is 2. The number of nitrogens with zero attached hydrogens (tertiary/aromatic N) is 4. The van der Waals surface area contributed by atoms with Gasteiger partial charge in [0.15, 0.2) is 0 Å². The Hall–Kier alpha value is -4.20. The molecular formula is C29H33N5O3. The van der Waals surface area contributed by atoms with Gasteiger partial charge in [0.05, 0.1) is 12.6 Å². The number of carbonyl (C=O) groups is 2. The van der Waals surface area contributed by atoms with Crippen molar-refractivity contribution in [3.05, 3.63) is 83.9 Å². The molecule has 0 saturated heterocycles. The number of fused-ring (bicyclic) bond motifs is 1. The molecule has 0 saturated carbocycles. The van der Waals surface area contributed by atoms with Crippen molar-refractivity contribution in [2.24, 2.45) is 5.92 Å². The molecule has 0 aliphatic carbocycles. The first-order valence-electron chi connectivity index (χ1n) is 12.5. The Kier molecular flexibility index (Phi) is 8.18. The van der Waals surface area contributed by atoms with Crippen molar-refractivity contribution in [1.82, 2.24) is 20.3 Å². The van der Waals surface area contributed by atoms with E-state index in [-0.39, 0.29) is 18.4 Å². The van der Waals surface area contributed by atoms with Crippen molar-refractivity contribution < 1.29 is 14.3 Å². The Morgan fingerprint density at radius 1 is 1.00 bits per heavy atom. The molecule has 0 fully saturated rings. The first kappa shape index (κ1) is 25.9. The first-order chi connectivity index (χ1) is 17.9. The van der Waals surface area contributed by atoms with Crippen LogP contribution in [-0.4, -0.2) is 40.5 Å². The quantitative estimate of drug-likeness (QED) is 0.342. The van der Waals surface area contributed by atoms with E-state index in [1.165, 1.54) is 0 Å². The third kappa shape index (κ3) is 5.97. The maximum absolute atomic E-state index is 14.1. The fourth-order valence-corrected chi connectivity index (χ4v) is 4.27. The molecule has 1 heterocycles. The summed E-state index contributed by atoms with van der Waals surface area (Å²) in [5.41, 5.74) is 3.69. The molecule has 0 bridgehead atoms. The van der Waals surface area contributed by atoms with E-state index in [9.17, 15) is 9.59 Å². The molecule has 8 nitrogen and oxygen atoms in total. The van der Waals surface area contributed by atoms with E-state index in [4.69, 9.17) is 4.74 Å². The van der Waals surface area contributed by atoms with E-state index in [1.54, 1.807) is 28.8 Å². The van der Waals surface area contributed by atoms with Crippen LogP contribution in [0.1, 0.15) is 37.4 Å². The van der Waals surface area contributed by atoms with Gasteiger partial charge < -0.3 is 10.1 Å². The number of ether oxygens (including phenoxy) is 1. The van der Waals surface area contributed by atoms with Crippen LogP contribution in [0, 0.1) is 12.8 Å². The smallest absolute Gasteiger partial charge is 0.249 e. The minimum atomic E-state index is -0.888. The number of amides is 2. The van der Waals surface area contributed by atoms with Crippen LogP contribution in [0.2, 0.25) is 0 Å². The molecule has 3 aromatic carbocycles. The highest BCUT2D eigenvalue weighted by molar-refractivity contribution is 6.02. The van der Waals surface area contributed by atoms with Crippen LogP contribution < -0.4 is 15.0 Å². The van der Waals surface area contributed by atoms with Crippen molar-refractivity contribution in [2.45, 2.75) is 39.8 Å². The third-order valence-electron chi connectivity index (χ3n) is 6.31. The van der Waals surface area contributed by atoms with E-state index >= 15 is 0 Å². The lowest BCUT2D eigenvalue weighted by Crippen LogP contribution is -2.46. The lowest BCUT2D eigenvalue weighted by Gasteiger charge is -2.32. The summed E-state index contributed by atoms with van der Waals surface area (Å²) in [6.07, 6.45) is 0.838. The second-order valence-corrected chi connectivity index (χ2v) is 9.44. The summed E-state index contributed by atoms with van der Waals surface area (Å²) < 4.78 is 6.90. The zero-order valence-corrected chi connectivity index (χ0v) is 21.7. The van der Waals surface area contributed by atoms with Crippen LogP contribution >= 0.6 is 0 Å². The molecule has 0 radical (unpaired) electrons. The summed E-state index contributed by atoms with van der Waals surface area (Å²) in [5.74, 6) is 0.593. The van der Waals surface area contributed by atoms with Crippen LogP contribution in [0.4, 0.5) is 5.69 Å². The zero-order valence-electron chi connectivity index (χ0n) is 21.7. The molecule has 4 aromatic rings. The van der Waals surface area contributed by atoms with Gasteiger partial charge in [0.25, 0.3) is 0 Å². The van der Waals surface area contributed by atoms with Crippen LogP contribution in [0.3, 0.4) is 0 Å². The van der Waals surface area contributed by atoms with Gasteiger partial charge in [0, 0.05) is 12.2 Å². The Labute approximate surface area is 217 Å². The summed E-state index contributed by atoms with van der Waals surface area (Å²) >= 11 is 0. The van der Waals surface area contributed by atoms with Crippen molar-refractivity contribution in [1.29, 1.82) is 0 Å². The van der Waals surface area contributed by atoms with Crippen LogP contribution in [0.15, 0.2) is 72.8 Å². The molecule has 0 aliphatic heterocycles. The maximum atomic E-state index is 14.1. The van der Waals surface area contributed by atoms with Crippen molar-refractivity contribution in [3.8, 4) is 5.75 Å². The van der Waals surface area contributed by atoms with Crippen molar-refractivity contribution in [3.63, 3.8) is 0 Å². The van der Waals surface area contributed by atoms with E-state index in [1.807, 2.05) is 67.6 Å². The average molecular weight is 500 g/mol. The van der Waals surface area contributed by atoms with Gasteiger partial charge in [-0.1, -0.05) is 61.5 Å². The highest BCUT2D eigenvalue weighted by Crippen LogP contribution is 2.32. The van der Waals surface area contributed by atoms with Crippen molar-refractivity contribution >= 4 is 28.5 Å².